The van der Waals surface area contributed by atoms with Crippen LogP contribution in [0, 0.1) is 27.9 Å². The number of nitro groups is 1. The molecule has 0 atom stereocenters. The van der Waals surface area contributed by atoms with E-state index in [4.69, 9.17) is 4.99 Å². The van der Waals surface area contributed by atoms with E-state index in [1.807, 2.05) is 0 Å². The van der Waals surface area contributed by atoms with Crippen molar-refractivity contribution in [1.29, 1.82) is 0 Å². The van der Waals surface area contributed by atoms with E-state index in [0.29, 0.717) is 5.56 Å². The average molecular weight is 300 g/mol. The molecule has 4 aliphatic rings. The summed E-state index contributed by atoms with van der Waals surface area (Å²) in [5.41, 5.74) is 0.459. The van der Waals surface area contributed by atoms with Crippen molar-refractivity contribution in [3.8, 4) is 5.75 Å². The van der Waals surface area contributed by atoms with Gasteiger partial charge in [0.15, 0.2) is 0 Å². The van der Waals surface area contributed by atoms with Gasteiger partial charge in [-0.1, -0.05) is 0 Å². The van der Waals surface area contributed by atoms with Crippen LogP contribution in [0.4, 0.5) is 5.69 Å². The first-order chi connectivity index (χ1) is 10.5. The molecule has 4 saturated carbocycles. The third-order valence-corrected chi connectivity index (χ3v) is 5.71. The first-order valence-corrected chi connectivity index (χ1v) is 8.06. The number of nitro benzene ring substituents is 1. The SMILES string of the molecule is O=[N+]([O-])c1ccc(O)c(C=NC23CC4CC(CC(C4)C2)C3)c1. The Labute approximate surface area is 129 Å². The molecule has 4 bridgehead atoms. The minimum atomic E-state index is -0.443. The average Bonchev–Trinajstić information content (AvgIpc) is 2.44. The van der Waals surface area contributed by atoms with Crippen molar-refractivity contribution < 1.29 is 10.0 Å². The van der Waals surface area contributed by atoms with Gasteiger partial charge < -0.3 is 5.11 Å². The molecular weight excluding hydrogens is 280 g/mol. The quantitative estimate of drug-likeness (QED) is 0.525. The van der Waals surface area contributed by atoms with Crippen LogP contribution in [0.5, 0.6) is 5.75 Å². The van der Waals surface area contributed by atoms with Crippen molar-refractivity contribution in [2.75, 3.05) is 0 Å². The lowest BCUT2D eigenvalue weighted by molar-refractivity contribution is -0.384. The highest BCUT2D eigenvalue weighted by Crippen LogP contribution is 2.57. The fraction of sp³-hybridized carbons (Fsp3) is 0.588. The number of hydrogen-bond acceptors (Lipinski definition) is 4. The van der Waals surface area contributed by atoms with Gasteiger partial charge in [0.25, 0.3) is 5.69 Å². The molecule has 0 spiro atoms. The number of rotatable bonds is 3. The maximum Gasteiger partial charge on any atom is 0.270 e. The van der Waals surface area contributed by atoms with Crippen LogP contribution in [0.25, 0.3) is 0 Å². The Kier molecular flexibility index (Phi) is 2.99. The number of aliphatic imine (C=N–C) groups is 1. The number of non-ortho nitro benzene ring substituents is 1. The number of phenols is 1. The predicted octanol–water partition coefficient (Wildman–Crippen LogP) is 3.69. The van der Waals surface area contributed by atoms with Gasteiger partial charge in [-0.15, -0.1) is 0 Å². The van der Waals surface area contributed by atoms with Crippen LogP contribution in [0.15, 0.2) is 23.2 Å². The molecule has 0 aliphatic heterocycles. The van der Waals surface area contributed by atoms with E-state index in [1.165, 1.54) is 37.5 Å². The van der Waals surface area contributed by atoms with E-state index in [0.717, 1.165) is 37.0 Å². The van der Waals surface area contributed by atoms with Gasteiger partial charge in [0, 0.05) is 23.9 Å². The molecule has 1 aromatic carbocycles. The fourth-order valence-corrected chi connectivity index (χ4v) is 5.19. The molecule has 4 aliphatic carbocycles. The van der Waals surface area contributed by atoms with E-state index in [1.54, 1.807) is 6.21 Å². The normalized spacial score (nSPS) is 36.1. The Bertz CT molecular complexity index is 618. The summed E-state index contributed by atoms with van der Waals surface area (Å²) in [6.07, 6.45) is 9.17. The standard InChI is InChI=1S/C17H20N2O3/c20-16-2-1-15(19(21)22)6-14(16)10-18-17-7-11-3-12(8-17)5-13(4-11)9-17/h1-2,6,10-13,20H,3-5,7-9H2. The van der Waals surface area contributed by atoms with Gasteiger partial charge in [0.2, 0.25) is 0 Å². The first kappa shape index (κ1) is 13.7. The molecule has 22 heavy (non-hydrogen) atoms. The summed E-state index contributed by atoms with van der Waals surface area (Å²) in [7, 11) is 0. The summed E-state index contributed by atoms with van der Waals surface area (Å²) in [5.74, 6) is 2.48. The van der Waals surface area contributed by atoms with Crippen molar-refractivity contribution in [3.63, 3.8) is 0 Å². The summed E-state index contributed by atoms with van der Waals surface area (Å²) in [6, 6.07) is 4.09. The molecule has 1 aromatic rings. The van der Waals surface area contributed by atoms with E-state index >= 15 is 0 Å². The zero-order chi connectivity index (χ0) is 15.3. The van der Waals surface area contributed by atoms with Crippen LogP contribution >= 0.6 is 0 Å². The van der Waals surface area contributed by atoms with Crippen molar-refractivity contribution in [3.05, 3.63) is 33.9 Å². The minimum absolute atomic E-state index is 0.00948. The molecule has 0 aromatic heterocycles. The van der Waals surface area contributed by atoms with Gasteiger partial charge in [-0.25, -0.2) is 0 Å². The molecule has 0 heterocycles. The second-order valence-electron chi connectivity index (χ2n) is 7.40. The third-order valence-electron chi connectivity index (χ3n) is 5.71. The molecule has 4 fully saturated rings. The maximum atomic E-state index is 10.9. The van der Waals surface area contributed by atoms with E-state index in [2.05, 4.69) is 0 Å². The van der Waals surface area contributed by atoms with Crippen molar-refractivity contribution in [2.45, 2.75) is 44.1 Å². The number of aromatic hydroxyl groups is 1. The molecule has 5 rings (SSSR count). The van der Waals surface area contributed by atoms with Crippen molar-refractivity contribution in [1.82, 2.24) is 0 Å². The molecular formula is C17H20N2O3. The molecule has 0 saturated heterocycles. The van der Waals surface area contributed by atoms with Gasteiger partial charge in [-0.3, -0.25) is 15.1 Å². The van der Waals surface area contributed by atoms with Crippen LogP contribution in [-0.4, -0.2) is 21.8 Å². The monoisotopic (exact) mass is 300 g/mol. The van der Waals surface area contributed by atoms with E-state index in [9.17, 15) is 15.2 Å². The summed E-state index contributed by atoms with van der Waals surface area (Å²) in [5, 5.41) is 20.8. The van der Waals surface area contributed by atoms with Crippen molar-refractivity contribution >= 4 is 11.9 Å². The third kappa shape index (κ3) is 2.28. The number of hydrogen-bond donors (Lipinski definition) is 1. The minimum Gasteiger partial charge on any atom is -0.507 e. The fourth-order valence-electron chi connectivity index (χ4n) is 5.19. The van der Waals surface area contributed by atoms with Crippen molar-refractivity contribution in [2.24, 2.45) is 22.7 Å². The van der Waals surface area contributed by atoms with Gasteiger partial charge in [-0.05, 0) is 62.3 Å². The molecule has 116 valence electrons. The second kappa shape index (κ2) is 4.80. The summed E-state index contributed by atoms with van der Waals surface area (Å²) >= 11 is 0. The molecule has 0 unspecified atom stereocenters. The second-order valence-corrected chi connectivity index (χ2v) is 7.40. The number of phenolic OH excluding ortho intramolecular Hbond substituents is 1. The van der Waals surface area contributed by atoms with E-state index < -0.39 is 4.92 Å². The highest BCUT2D eigenvalue weighted by molar-refractivity contribution is 5.84. The first-order valence-electron chi connectivity index (χ1n) is 8.06. The van der Waals surface area contributed by atoms with Crippen LogP contribution in [0.3, 0.4) is 0 Å². The highest BCUT2D eigenvalue weighted by Gasteiger charge is 2.50. The molecule has 5 heteroatoms. The van der Waals surface area contributed by atoms with Gasteiger partial charge >= 0.3 is 0 Å². The van der Waals surface area contributed by atoms with Crippen LogP contribution in [0.2, 0.25) is 0 Å². The Balaban J connectivity index is 1.62. The Morgan fingerprint density at radius 2 is 1.77 bits per heavy atom. The lowest BCUT2D eigenvalue weighted by Gasteiger charge is -2.54. The van der Waals surface area contributed by atoms with Gasteiger partial charge in [0.05, 0.1) is 10.5 Å². The molecule has 0 radical (unpaired) electrons. The molecule has 0 amide bonds. The van der Waals surface area contributed by atoms with Crippen LogP contribution < -0.4 is 0 Å². The Hall–Kier alpha value is -1.91. The lowest BCUT2D eigenvalue weighted by Crippen LogP contribution is -2.49. The van der Waals surface area contributed by atoms with E-state index in [-0.39, 0.29) is 17.0 Å². The van der Waals surface area contributed by atoms with Gasteiger partial charge in [-0.2, -0.15) is 0 Å². The van der Waals surface area contributed by atoms with Crippen LogP contribution in [-0.2, 0) is 0 Å². The zero-order valence-corrected chi connectivity index (χ0v) is 12.4. The Morgan fingerprint density at radius 1 is 1.18 bits per heavy atom. The molecule has 1 N–H and O–H groups in total. The summed E-state index contributed by atoms with van der Waals surface area (Å²) in [4.78, 5) is 15.3. The number of benzene rings is 1. The molecule has 5 nitrogen and oxygen atoms in total. The van der Waals surface area contributed by atoms with Gasteiger partial charge in [0.1, 0.15) is 5.75 Å². The lowest BCUT2D eigenvalue weighted by atomic mass is 9.53. The Morgan fingerprint density at radius 3 is 2.32 bits per heavy atom. The summed E-state index contributed by atoms with van der Waals surface area (Å²) < 4.78 is 0. The number of nitrogens with zero attached hydrogens (tertiary/aromatic N) is 2. The largest absolute Gasteiger partial charge is 0.507 e. The van der Waals surface area contributed by atoms with Crippen LogP contribution in [0.1, 0.15) is 44.1 Å². The topological polar surface area (TPSA) is 75.7 Å². The highest BCUT2D eigenvalue weighted by atomic mass is 16.6. The smallest absolute Gasteiger partial charge is 0.270 e. The predicted molar refractivity (Wildman–Crippen MR) is 83.3 cm³/mol. The zero-order valence-electron chi connectivity index (χ0n) is 12.4. The summed E-state index contributed by atoms with van der Waals surface area (Å²) in [6.45, 7) is 0. The maximum absolute atomic E-state index is 10.9.